The number of ether oxygens (including phenoxy) is 2. The van der Waals surface area contributed by atoms with Crippen LogP contribution in [-0.4, -0.2) is 25.0 Å². The van der Waals surface area contributed by atoms with Gasteiger partial charge in [0, 0.05) is 16.6 Å². The summed E-state index contributed by atoms with van der Waals surface area (Å²) in [5, 5.41) is 9.97. The molecule has 3 aromatic carbocycles. The summed E-state index contributed by atoms with van der Waals surface area (Å²) in [5.41, 5.74) is 4.73. The van der Waals surface area contributed by atoms with Gasteiger partial charge < -0.3 is 14.8 Å². The molecule has 2 N–H and O–H groups in total. The van der Waals surface area contributed by atoms with E-state index in [9.17, 15) is 0 Å². The fourth-order valence-electron chi connectivity index (χ4n) is 2.86. The van der Waals surface area contributed by atoms with E-state index < -0.39 is 0 Å². The molecular formula is C22H22BrN3O2S. The highest BCUT2D eigenvalue weighted by Crippen LogP contribution is 2.34. The van der Waals surface area contributed by atoms with Gasteiger partial charge in [-0.25, -0.2) is 0 Å². The summed E-state index contributed by atoms with van der Waals surface area (Å²) in [6, 6.07) is 18.2. The van der Waals surface area contributed by atoms with Crippen molar-refractivity contribution in [1.29, 1.82) is 0 Å². The predicted molar refractivity (Wildman–Crippen MR) is 126 cm³/mol. The SMILES string of the molecule is CCNC(=S)N/N=C\c1cc(OC)c(OCc2cccc3ccccc23)cc1Br. The molecule has 0 heterocycles. The fourth-order valence-corrected chi connectivity index (χ4v) is 3.48. The standard InChI is InChI=1S/C22H22BrN3O2S/c1-3-24-22(29)26-25-13-17-11-20(27-2)21(12-19(17)23)28-14-16-9-6-8-15-7-4-5-10-18(15)16/h4-13H,3,14H2,1-2H3,(H2,24,26,29)/b25-13-. The molecule has 0 aliphatic carbocycles. The largest absolute Gasteiger partial charge is 0.493 e. The van der Waals surface area contributed by atoms with Crippen molar-refractivity contribution < 1.29 is 9.47 Å². The Bertz CT molecular complexity index is 1030. The molecule has 0 saturated heterocycles. The third-order valence-corrected chi connectivity index (χ3v) is 5.18. The van der Waals surface area contributed by atoms with Gasteiger partial charge in [-0.05, 0) is 63.5 Å². The molecule has 0 amide bonds. The van der Waals surface area contributed by atoms with Gasteiger partial charge in [0.05, 0.1) is 13.3 Å². The van der Waals surface area contributed by atoms with Crippen LogP contribution < -0.4 is 20.2 Å². The van der Waals surface area contributed by atoms with E-state index in [1.165, 1.54) is 10.8 Å². The normalized spacial score (nSPS) is 10.9. The Balaban J connectivity index is 1.77. The first-order valence-corrected chi connectivity index (χ1v) is 10.4. The van der Waals surface area contributed by atoms with E-state index in [2.05, 4.69) is 56.0 Å². The number of benzene rings is 3. The topological polar surface area (TPSA) is 54.9 Å². The number of methoxy groups -OCH3 is 1. The van der Waals surface area contributed by atoms with Crippen molar-refractivity contribution in [3.05, 3.63) is 70.2 Å². The Hall–Kier alpha value is -2.64. The van der Waals surface area contributed by atoms with Crippen LogP contribution in [0.3, 0.4) is 0 Å². The molecule has 150 valence electrons. The van der Waals surface area contributed by atoms with Gasteiger partial charge in [-0.15, -0.1) is 0 Å². The second-order valence-corrected chi connectivity index (χ2v) is 7.44. The number of hydrazone groups is 1. The molecule has 0 aromatic heterocycles. The molecule has 3 rings (SSSR count). The maximum absolute atomic E-state index is 6.09. The van der Waals surface area contributed by atoms with Gasteiger partial charge in [0.1, 0.15) is 6.61 Å². The molecule has 0 atom stereocenters. The average molecular weight is 472 g/mol. The molecule has 3 aromatic rings. The van der Waals surface area contributed by atoms with Crippen LogP contribution in [0, 0.1) is 0 Å². The maximum atomic E-state index is 6.09. The van der Waals surface area contributed by atoms with Crippen LogP contribution in [-0.2, 0) is 6.61 Å². The van der Waals surface area contributed by atoms with Gasteiger partial charge in [-0.3, -0.25) is 5.43 Å². The van der Waals surface area contributed by atoms with Crippen LogP contribution in [0.25, 0.3) is 10.8 Å². The summed E-state index contributed by atoms with van der Waals surface area (Å²) in [7, 11) is 1.62. The molecule has 5 nitrogen and oxygen atoms in total. The highest BCUT2D eigenvalue weighted by molar-refractivity contribution is 9.10. The maximum Gasteiger partial charge on any atom is 0.186 e. The van der Waals surface area contributed by atoms with Crippen LogP contribution in [0.2, 0.25) is 0 Å². The van der Waals surface area contributed by atoms with Crippen molar-refractivity contribution in [1.82, 2.24) is 10.7 Å². The minimum atomic E-state index is 0.441. The van der Waals surface area contributed by atoms with Crippen molar-refractivity contribution in [2.24, 2.45) is 5.10 Å². The zero-order chi connectivity index (χ0) is 20.6. The first-order valence-electron chi connectivity index (χ1n) is 9.16. The average Bonchev–Trinajstić information content (AvgIpc) is 2.73. The predicted octanol–water partition coefficient (Wildman–Crippen LogP) is 5.01. The van der Waals surface area contributed by atoms with Crippen LogP contribution in [0.1, 0.15) is 18.1 Å². The molecule has 0 saturated carbocycles. The Kier molecular flexibility index (Phi) is 7.43. The first kappa shape index (κ1) is 21.1. The summed E-state index contributed by atoms with van der Waals surface area (Å²) in [6.07, 6.45) is 1.67. The van der Waals surface area contributed by atoms with E-state index >= 15 is 0 Å². The number of thiocarbonyl (C=S) groups is 1. The molecule has 0 aliphatic rings. The summed E-state index contributed by atoms with van der Waals surface area (Å²) >= 11 is 8.66. The lowest BCUT2D eigenvalue weighted by atomic mass is 10.1. The first-order chi connectivity index (χ1) is 14.1. The van der Waals surface area contributed by atoms with Crippen molar-refractivity contribution in [2.45, 2.75) is 13.5 Å². The summed E-state index contributed by atoms with van der Waals surface area (Å²) < 4.78 is 12.4. The summed E-state index contributed by atoms with van der Waals surface area (Å²) in [6.45, 7) is 3.15. The molecule has 0 fully saturated rings. The fraction of sp³-hybridized carbons (Fsp3) is 0.182. The van der Waals surface area contributed by atoms with Crippen LogP contribution in [0.15, 0.2) is 64.2 Å². The molecule has 7 heteroatoms. The zero-order valence-electron chi connectivity index (χ0n) is 16.2. The summed E-state index contributed by atoms with van der Waals surface area (Å²) in [5.74, 6) is 1.28. The van der Waals surface area contributed by atoms with Crippen LogP contribution in [0.5, 0.6) is 11.5 Å². The lowest BCUT2D eigenvalue weighted by Crippen LogP contribution is -2.31. The monoisotopic (exact) mass is 471 g/mol. The quantitative estimate of drug-likeness (QED) is 0.288. The minimum Gasteiger partial charge on any atom is -0.493 e. The second-order valence-electron chi connectivity index (χ2n) is 6.18. The van der Waals surface area contributed by atoms with Gasteiger partial charge in [0.15, 0.2) is 16.6 Å². The van der Waals surface area contributed by atoms with Crippen LogP contribution >= 0.6 is 28.1 Å². The number of fused-ring (bicyclic) bond motifs is 1. The van der Waals surface area contributed by atoms with Gasteiger partial charge in [-0.1, -0.05) is 42.5 Å². The Labute approximate surface area is 184 Å². The van der Waals surface area contributed by atoms with E-state index in [1.54, 1.807) is 13.3 Å². The Morgan fingerprint density at radius 2 is 1.93 bits per heavy atom. The molecule has 0 radical (unpaired) electrons. The zero-order valence-corrected chi connectivity index (χ0v) is 18.6. The number of nitrogens with one attached hydrogen (secondary N) is 2. The van der Waals surface area contributed by atoms with Gasteiger partial charge >= 0.3 is 0 Å². The van der Waals surface area contributed by atoms with E-state index in [4.69, 9.17) is 21.7 Å². The van der Waals surface area contributed by atoms with Crippen LogP contribution in [0.4, 0.5) is 0 Å². The van der Waals surface area contributed by atoms with Gasteiger partial charge in [0.2, 0.25) is 0 Å². The summed E-state index contributed by atoms with van der Waals surface area (Å²) in [4.78, 5) is 0. The van der Waals surface area contributed by atoms with Crippen molar-refractivity contribution in [3.63, 3.8) is 0 Å². The van der Waals surface area contributed by atoms with Crippen molar-refractivity contribution >= 4 is 50.2 Å². The number of rotatable bonds is 7. The molecule has 0 aliphatic heterocycles. The van der Waals surface area contributed by atoms with E-state index in [0.717, 1.165) is 22.1 Å². The molecule has 0 bridgehead atoms. The number of halogens is 1. The highest BCUT2D eigenvalue weighted by Gasteiger charge is 2.11. The number of hydrogen-bond acceptors (Lipinski definition) is 4. The lowest BCUT2D eigenvalue weighted by molar-refractivity contribution is 0.285. The van der Waals surface area contributed by atoms with Gasteiger partial charge in [-0.2, -0.15) is 5.10 Å². The van der Waals surface area contributed by atoms with E-state index in [0.29, 0.717) is 23.2 Å². The van der Waals surface area contributed by atoms with E-state index in [-0.39, 0.29) is 0 Å². The Morgan fingerprint density at radius 3 is 2.72 bits per heavy atom. The Morgan fingerprint density at radius 1 is 1.14 bits per heavy atom. The van der Waals surface area contributed by atoms with Crippen molar-refractivity contribution in [3.8, 4) is 11.5 Å². The molecule has 0 spiro atoms. The van der Waals surface area contributed by atoms with Gasteiger partial charge in [0.25, 0.3) is 0 Å². The molecule has 29 heavy (non-hydrogen) atoms. The van der Waals surface area contributed by atoms with E-state index in [1.807, 2.05) is 37.3 Å². The third kappa shape index (κ3) is 5.46. The minimum absolute atomic E-state index is 0.441. The second kappa shape index (κ2) is 10.2. The smallest absolute Gasteiger partial charge is 0.186 e. The van der Waals surface area contributed by atoms with Crippen molar-refractivity contribution in [2.75, 3.05) is 13.7 Å². The lowest BCUT2D eigenvalue weighted by Gasteiger charge is -2.14. The highest BCUT2D eigenvalue weighted by atomic mass is 79.9. The number of hydrogen-bond donors (Lipinski definition) is 2. The third-order valence-electron chi connectivity index (χ3n) is 4.25. The number of nitrogens with zero attached hydrogens (tertiary/aromatic N) is 1. The molecule has 0 unspecified atom stereocenters. The molecular weight excluding hydrogens is 450 g/mol.